The Bertz CT molecular complexity index is 787. The van der Waals surface area contributed by atoms with Gasteiger partial charge in [-0.2, -0.15) is 5.26 Å². The molecular weight excluding hydrogens is 312 g/mol. The summed E-state index contributed by atoms with van der Waals surface area (Å²) in [6.07, 6.45) is 1.59. The van der Waals surface area contributed by atoms with Crippen molar-refractivity contribution >= 4 is 5.78 Å². The molecule has 3 aliphatic rings. The maximum absolute atomic E-state index is 13.1. The van der Waals surface area contributed by atoms with Crippen molar-refractivity contribution in [2.24, 2.45) is 11.3 Å². The van der Waals surface area contributed by atoms with Crippen LogP contribution in [0.5, 0.6) is 0 Å². The maximum atomic E-state index is 13.1. The number of carbonyl (C=O) groups excluding carboxylic acids is 1. The van der Waals surface area contributed by atoms with Gasteiger partial charge in [-0.1, -0.05) is 26.0 Å². The first-order valence-electron chi connectivity index (χ1n) is 8.93. The summed E-state index contributed by atoms with van der Waals surface area (Å²) in [5.41, 5.74) is 10.5. The number of nitrogens with zero attached hydrogens (tertiary/aromatic N) is 1. The van der Waals surface area contributed by atoms with E-state index in [2.05, 4.69) is 43.0 Å². The van der Waals surface area contributed by atoms with Crippen LogP contribution in [0, 0.1) is 22.7 Å². The molecule has 2 aliphatic heterocycles. The third kappa shape index (κ3) is 2.66. The minimum Gasteiger partial charge on any atom is -0.371 e. The Morgan fingerprint density at radius 3 is 2.56 bits per heavy atom. The van der Waals surface area contributed by atoms with Gasteiger partial charge in [0.15, 0.2) is 5.78 Å². The Balaban J connectivity index is 1.84. The van der Waals surface area contributed by atoms with Crippen LogP contribution in [0.2, 0.25) is 0 Å². The van der Waals surface area contributed by atoms with Gasteiger partial charge in [-0.25, -0.2) is 5.43 Å². The lowest BCUT2D eigenvalue weighted by Crippen LogP contribution is -2.52. The smallest absolute Gasteiger partial charge is 0.161 e. The number of ketones is 1. The normalized spacial score (nSPS) is 33.3. The molecule has 0 saturated carbocycles. The first kappa shape index (κ1) is 16.3. The minimum atomic E-state index is -0.0113. The molecule has 0 aromatic heterocycles. The van der Waals surface area contributed by atoms with Crippen molar-refractivity contribution in [2.75, 3.05) is 0 Å². The Kier molecular flexibility index (Phi) is 3.71. The number of allylic oxidation sites excluding steroid dienone is 2. The number of nitrogens with one attached hydrogen (secondary N) is 3. The zero-order valence-electron chi connectivity index (χ0n) is 14.9. The molecule has 1 fully saturated rings. The van der Waals surface area contributed by atoms with Gasteiger partial charge in [-0.05, 0) is 36.5 Å². The molecule has 3 N–H and O–H groups in total. The second kappa shape index (κ2) is 5.69. The SMILES string of the molecule is CC1NNC2NC3=C(C(=O)CC(C)(C)C3)C(c3ccc(C#N)cc3)C12. The first-order chi connectivity index (χ1) is 11.9. The lowest BCUT2D eigenvalue weighted by Gasteiger charge is -2.44. The van der Waals surface area contributed by atoms with E-state index in [0.29, 0.717) is 12.0 Å². The molecule has 4 atom stereocenters. The van der Waals surface area contributed by atoms with Crippen molar-refractivity contribution in [1.29, 1.82) is 5.26 Å². The Hall–Kier alpha value is -2.16. The number of hydrogen-bond acceptors (Lipinski definition) is 5. The molecule has 25 heavy (non-hydrogen) atoms. The average Bonchev–Trinajstić information content (AvgIpc) is 2.93. The summed E-state index contributed by atoms with van der Waals surface area (Å²) in [5, 5.41) is 12.7. The van der Waals surface area contributed by atoms with E-state index in [1.54, 1.807) is 0 Å². The van der Waals surface area contributed by atoms with Crippen molar-refractivity contribution < 1.29 is 4.79 Å². The molecule has 1 saturated heterocycles. The maximum Gasteiger partial charge on any atom is 0.161 e. The van der Waals surface area contributed by atoms with Gasteiger partial charge in [0.1, 0.15) is 0 Å². The van der Waals surface area contributed by atoms with Gasteiger partial charge >= 0.3 is 0 Å². The number of hydrazine groups is 1. The van der Waals surface area contributed by atoms with Crippen molar-refractivity contribution in [3.63, 3.8) is 0 Å². The first-order valence-corrected chi connectivity index (χ1v) is 8.93. The fourth-order valence-electron chi connectivity index (χ4n) is 4.67. The van der Waals surface area contributed by atoms with Gasteiger partial charge in [0, 0.05) is 35.6 Å². The molecule has 1 aromatic carbocycles. The lowest BCUT2D eigenvalue weighted by molar-refractivity contribution is -0.118. The number of carbonyl (C=O) groups is 1. The van der Waals surface area contributed by atoms with Crippen LogP contribution >= 0.6 is 0 Å². The van der Waals surface area contributed by atoms with Crippen molar-refractivity contribution in [2.45, 2.75) is 51.7 Å². The Morgan fingerprint density at radius 2 is 1.88 bits per heavy atom. The highest BCUT2D eigenvalue weighted by molar-refractivity contribution is 5.99. The van der Waals surface area contributed by atoms with Crippen molar-refractivity contribution in [3.05, 3.63) is 46.7 Å². The predicted octanol–water partition coefficient (Wildman–Crippen LogP) is 2.33. The summed E-state index contributed by atoms with van der Waals surface area (Å²) in [5.74, 6) is 0.553. The molecule has 1 aliphatic carbocycles. The van der Waals surface area contributed by atoms with Crippen LogP contribution in [0.3, 0.4) is 0 Å². The van der Waals surface area contributed by atoms with E-state index in [1.165, 1.54) is 0 Å². The number of rotatable bonds is 1. The van der Waals surface area contributed by atoms with E-state index < -0.39 is 0 Å². The summed E-state index contributed by atoms with van der Waals surface area (Å²) >= 11 is 0. The molecule has 0 amide bonds. The highest BCUT2D eigenvalue weighted by Gasteiger charge is 2.49. The van der Waals surface area contributed by atoms with E-state index in [0.717, 1.165) is 23.3 Å². The molecule has 5 nitrogen and oxygen atoms in total. The second-order valence-corrected chi connectivity index (χ2v) is 8.32. The minimum absolute atomic E-state index is 0.0113. The zero-order valence-corrected chi connectivity index (χ0v) is 14.9. The molecule has 5 heteroatoms. The van der Waals surface area contributed by atoms with Gasteiger partial charge in [0.25, 0.3) is 0 Å². The van der Waals surface area contributed by atoms with Gasteiger partial charge in [0.2, 0.25) is 0 Å². The van der Waals surface area contributed by atoms with E-state index in [1.807, 2.05) is 24.3 Å². The highest BCUT2D eigenvalue weighted by atomic mass is 16.1. The third-order valence-electron chi connectivity index (χ3n) is 5.77. The van der Waals surface area contributed by atoms with Gasteiger partial charge in [0.05, 0.1) is 17.8 Å². The molecule has 4 unspecified atom stereocenters. The molecule has 0 spiro atoms. The quantitative estimate of drug-likeness (QED) is 0.734. The van der Waals surface area contributed by atoms with Crippen LogP contribution in [0.4, 0.5) is 0 Å². The summed E-state index contributed by atoms with van der Waals surface area (Å²) in [6.45, 7) is 6.46. The van der Waals surface area contributed by atoms with E-state index in [-0.39, 0.29) is 35.2 Å². The number of benzene rings is 1. The van der Waals surface area contributed by atoms with Gasteiger partial charge < -0.3 is 5.32 Å². The molecular formula is C20H24N4O. The average molecular weight is 336 g/mol. The van der Waals surface area contributed by atoms with Crippen LogP contribution in [0.25, 0.3) is 0 Å². The molecule has 0 bridgehead atoms. The fraction of sp³-hybridized carbons (Fsp3) is 0.500. The largest absolute Gasteiger partial charge is 0.371 e. The molecule has 1 aromatic rings. The number of fused-ring (bicyclic) bond motifs is 1. The standard InChI is InChI=1S/C20H24N4O/c1-11-16-17(13-6-4-12(10-21)5-7-13)18-14(22-19(16)24-23-11)8-20(2,3)9-15(18)25/h4-7,11,16-17,19,22-24H,8-9H2,1-3H3. The van der Waals surface area contributed by atoms with Crippen LogP contribution in [-0.2, 0) is 4.79 Å². The van der Waals surface area contributed by atoms with Crippen molar-refractivity contribution in [1.82, 2.24) is 16.2 Å². The van der Waals surface area contributed by atoms with E-state index in [9.17, 15) is 4.79 Å². The molecule has 130 valence electrons. The molecule has 2 heterocycles. The highest BCUT2D eigenvalue weighted by Crippen LogP contribution is 2.48. The summed E-state index contributed by atoms with van der Waals surface area (Å²) < 4.78 is 0. The molecule has 4 rings (SSSR count). The van der Waals surface area contributed by atoms with Crippen LogP contribution in [0.1, 0.15) is 50.7 Å². The van der Waals surface area contributed by atoms with E-state index >= 15 is 0 Å². The van der Waals surface area contributed by atoms with Crippen LogP contribution in [-0.4, -0.2) is 18.0 Å². The summed E-state index contributed by atoms with van der Waals surface area (Å²) in [6, 6.07) is 10.1. The van der Waals surface area contributed by atoms with Crippen LogP contribution < -0.4 is 16.2 Å². The number of nitriles is 1. The predicted molar refractivity (Wildman–Crippen MR) is 95.1 cm³/mol. The summed E-state index contributed by atoms with van der Waals surface area (Å²) in [4.78, 5) is 13.1. The van der Waals surface area contributed by atoms with Crippen molar-refractivity contribution in [3.8, 4) is 6.07 Å². The van der Waals surface area contributed by atoms with Gasteiger partial charge in [-0.3, -0.25) is 10.2 Å². The lowest BCUT2D eigenvalue weighted by atomic mass is 9.65. The molecule has 0 radical (unpaired) electrons. The Labute approximate surface area is 148 Å². The zero-order chi connectivity index (χ0) is 17.8. The van der Waals surface area contributed by atoms with Crippen LogP contribution in [0.15, 0.2) is 35.5 Å². The summed E-state index contributed by atoms with van der Waals surface area (Å²) in [7, 11) is 0. The number of Topliss-reactive ketones (excluding diaryl/α,β-unsaturated/α-hetero) is 1. The Morgan fingerprint density at radius 1 is 1.16 bits per heavy atom. The fourth-order valence-corrected chi connectivity index (χ4v) is 4.67. The number of hydrogen-bond donors (Lipinski definition) is 3. The third-order valence-corrected chi connectivity index (χ3v) is 5.77. The second-order valence-electron chi connectivity index (χ2n) is 8.32. The monoisotopic (exact) mass is 336 g/mol. The van der Waals surface area contributed by atoms with Gasteiger partial charge in [-0.15, -0.1) is 0 Å². The topological polar surface area (TPSA) is 76.9 Å². The van der Waals surface area contributed by atoms with E-state index in [4.69, 9.17) is 5.26 Å².